The maximum Gasteiger partial charge on any atom is 0.323 e. The summed E-state index contributed by atoms with van der Waals surface area (Å²) in [4.78, 5) is 5.16. The van der Waals surface area contributed by atoms with Crippen molar-refractivity contribution in [1.82, 2.24) is 9.03 Å². The first kappa shape index (κ1) is 18.6. The Morgan fingerprint density at radius 1 is 1.23 bits per heavy atom. The molecule has 0 bridgehead atoms. The van der Waals surface area contributed by atoms with Crippen molar-refractivity contribution in [3.8, 4) is 5.75 Å². The molecule has 0 atom stereocenters. The van der Waals surface area contributed by atoms with Gasteiger partial charge in [0, 0.05) is 24.5 Å². The molecule has 26 heavy (non-hydrogen) atoms. The Hall–Kier alpha value is -2.22. The summed E-state index contributed by atoms with van der Waals surface area (Å²) < 4.78 is 32.6. The molecule has 0 radical (unpaired) electrons. The van der Waals surface area contributed by atoms with Crippen LogP contribution in [0.25, 0.3) is 0 Å². The fourth-order valence-electron chi connectivity index (χ4n) is 3.05. The van der Waals surface area contributed by atoms with E-state index in [0.717, 1.165) is 49.1 Å². The van der Waals surface area contributed by atoms with Crippen LogP contribution in [0.1, 0.15) is 43.7 Å². The van der Waals surface area contributed by atoms with Crippen molar-refractivity contribution in [2.24, 2.45) is 5.16 Å². The van der Waals surface area contributed by atoms with Crippen LogP contribution in [-0.2, 0) is 21.5 Å². The Kier molecular flexibility index (Phi) is 6.03. The minimum absolute atomic E-state index is 0.493. The molecule has 1 aliphatic heterocycles. The quantitative estimate of drug-likeness (QED) is 0.528. The number of hydrogen-bond donors (Lipinski definition) is 1. The molecule has 8 heteroatoms. The van der Waals surface area contributed by atoms with Crippen LogP contribution in [0.5, 0.6) is 5.75 Å². The Labute approximate surface area is 154 Å². The van der Waals surface area contributed by atoms with E-state index in [4.69, 9.17) is 9.57 Å². The number of unbranched alkanes of at least 4 members (excludes halogenated alkanes) is 2. The average Bonchev–Trinajstić information content (AvgIpc) is 3.18. The maximum atomic E-state index is 11.6. The predicted octanol–water partition coefficient (Wildman–Crippen LogP) is 2.54. The molecule has 0 fully saturated rings. The maximum absolute atomic E-state index is 11.6. The summed E-state index contributed by atoms with van der Waals surface area (Å²) in [6.07, 6.45) is 7.47. The molecule has 1 aromatic carbocycles. The van der Waals surface area contributed by atoms with Crippen molar-refractivity contribution in [3.05, 3.63) is 41.7 Å². The number of nitrogens with one attached hydrogen (secondary N) is 1. The van der Waals surface area contributed by atoms with Crippen LogP contribution < -0.4 is 9.46 Å². The fraction of sp³-hybridized carbons (Fsp3) is 0.500. The molecular weight excluding hydrogens is 354 g/mol. The van der Waals surface area contributed by atoms with Crippen LogP contribution in [0.2, 0.25) is 0 Å². The predicted molar refractivity (Wildman–Crippen MR) is 100 cm³/mol. The summed E-state index contributed by atoms with van der Waals surface area (Å²) in [6.45, 7) is 3.62. The second kappa shape index (κ2) is 8.44. The van der Waals surface area contributed by atoms with Crippen LogP contribution >= 0.6 is 0 Å². The number of hydrogen-bond acceptors (Lipinski definition) is 5. The Morgan fingerprint density at radius 3 is 2.88 bits per heavy atom. The molecule has 3 rings (SSSR count). The molecule has 0 aromatic heterocycles. The SMILES string of the molecule is CCON=C1CCc2cc(OCCCCCN3C=CNS3(=O)=O)ccc21. The van der Waals surface area contributed by atoms with Crippen molar-refractivity contribution in [1.29, 1.82) is 0 Å². The molecule has 0 amide bonds. The van der Waals surface area contributed by atoms with E-state index in [-0.39, 0.29) is 0 Å². The standard InChI is InChI=1S/C18H25N3O4S/c1-2-25-20-18-9-6-15-14-16(7-8-17(15)18)24-13-5-3-4-11-21-12-10-19-26(21,22)23/h7-8,10,12,14,19H,2-6,9,11,13H2,1H3. The van der Waals surface area contributed by atoms with Gasteiger partial charge in [0.2, 0.25) is 0 Å². The van der Waals surface area contributed by atoms with Gasteiger partial charge in [0.1, 0.15) is 12.4 Å². The molecule has 142 valence electrons. The van der Waals surface area contributed by atoms with Crippen molar-refractivity contribution < 1.29 is 18.0 Å². The van der Waals surface area contributed by atoms with Gasteiger partial charge in [-0.2, -0.15) is 8.42 Å². The lowest BCUT2D eigenvalue weighted by Gasteiger charge is -2.14. The zero-order valence-corrected chi connectivity index (χ0v) is 15.8. The lowest BCUT2D eigenvalue weighted by molar-refractivity contribution is 0.158. The van der Waals surface area contributed by atoms with Gasteiger partial charge in [0.15, 0.2) is 0 Å². The number of oxime groups is 1. The fourth-order valence-corrected chi connectivity index (χ4v) is 4.01. The molecule has 1 aliphatic carbocycles. The molecule has 2 aliphatic rings. The third-order valence-electron chi connectivity index (χ3n) is 4.38. The topological polar surface area (TPSA) is 80.2 Å². The molecule has 1 aromatic rings. The monoisotopic (exact) mass is 379 g/mol. The first-order valence-corrected chi connectivity index (χ1v) is 10.4. The van der Waals surface area contributed by atoms with Crippen LogP contribution in [0.15, 0.2) is 35.8 Å². The average molecular weight is 379 g/mol. The number of ether oxygens (including phenoxy) is 1. The molecule has 0 saturated carbocycles. The van der Waals surface area contributed by atoms with Gasteiger partial charge in [-0.15, -0.1) is 0 Å². The second-order valence-corrected chi connectivity index (χ2v) is 7.89. The molecular formula is C18H25N3O4S. The van der Waals surface area contributed by atoms with Gasteiger partial charge in [-0.25, -0.2) is 0 Å². The Morgan fingerprint density at radius 2 is 2.12 bits per heavy atom. The normalized spacial score (nSPS) is 18.8. The number of rotatable bonds is 9. The van der Waals surface area contributed by atoms with E-state index in [1.165, 1.54) is 16.1 Å². The summed E-state index contributed by atoms with van der Waals surface area (Å²) in [7, 11) is -3.32. The van der Waals surface area contributed by atoms with E-state index < -0.39 is 10.2 Å². The van der Waals surface area contributed by atoms with Crippen LogP contribution in [-0.4, -0.2) is 38.2 Å². The number of benzene rings is 1. The lowest BCUT2D eigenvalue weighted by atomic mass is 10.1. The number of aryl methyl sites for hydroxylation is 1. The first-order chi connectivity index (χ1) is 12.6. The van der Waals surface area contributed by atoms with E-state index in [2.05, 4.69) is 15.9 Å². The summed E-state index contributed by atoms with van der Waals surface area (Å²) in [5, 5.41) is 4.17. The van der Waals surface area contributed by atoms with Crippen molar-refractivity contribution in [3.63, 3.8) is 0 Å². The molecule has 0 spiro atoms. The number of nitrogens with zero attached hydrogens (tertiary/aromatic N) is 2. The molecule has 1 heterocycles. The minimum atomic E-state index is -3.32. The van der Waals surface area contributed by atoms with E-state index in [0.29, 0.717) is 19.8 Å². The molecule has 0 saturated heterocycles. The third kappa shape index (κ3) is 4.49. The Balaban J connectivity index is 1.39. The van der Waals surface area contributed by atoms with Crippen molar-refractivity contribution >= 4 is 15.9 Å². The van der Waals surface area contributed by atoms with Crippen molar-refractivity contribution in [2.75, 3.05) is 19.8 Å². The summed E-state index contributed by atoms with van der Waals surface area (Å²) in [5.41, 5.74) is 3.41. The highest BCUT2D eigenvalue weighted by Crippen LogP contribution is 2.27. The van der Waals surface area contributed by atoms with E-state index in [9.17, 15) is 8.42 Å². The van der Waals surface area contributed by atoms with Crippen LogP contribution in [0.3, 0.4) is 0 Å². The highest BCUT2D eigenvalue weighted by molar-refractivity contribution is 7.87. The molecule has 0 unspecified atom stereocenters. The zero-order valence-electron chi connectivity index (χ0n) is 15.0. The van der Waals surface area contributed by atoms with Gasteiger partial charge in [-0.05, 0) is 62.8 Å². The third-order valence-corrected chi connectivity index (χ3v) is 5.74. The van der Waals surface area contributed by atoms with Gasteiger partial charge < -0.3 is 9.57 Å². The van der Waals surface area contributed by atoms with E-state index in [1.54, 1.807) is 6.20 Å². The Bertz CT molecular complexity index is 790. The van der Waals surface area contributed by atoms with Gasteiger partial charge >= 0.3 is 10.2 Å². The highest BCUT2D eigenvalue weighted by atomic mass is 32.2. The zero-order chi connectivity index (χ0) is 18.4. The van der Waals surface area contributed by atoms with E-state index >= 15 is 0 Å². The largest absolute Gasteiger partial charge is 0.494 e. The second-order valence-electron chi connectivity index (χ2n) is 6.23. The first-order valence-electron chi connectivity index (χ1n) is 9.01. The van der Waals surface area contributed by atoms with Crippen LogP contribution in [0.4, 0.5) is 0 Å². The minimum Gasteiger partial charge on any atom is -0.494 e. The molecule has 1 N–H and O–H groups in total. The lowest BCUT2D eigenvalue weighted by Crippen LogP contribution is -2.29. The summed E-state index contributed by atoms with van der Waals surface area (Å²) in [5.74, 6) is 0.871. The smallest absolute Gasteiger partial charge is 0.323 e. The highest BCUT2D eigenvalue weighted by Gasteiger charge is 2.21. The van der Waals surface area contributed by atoms with E-state index in [1.807, 2.05) is 19.1 Å². The van der Waals surface area contributed by atoms with Gasteiger partial charge in [-0.1, -0.05) is 5.16 Å². The molecule has 7 nitrogen and oxygen atoms in total. The number of fused-ring (bicyclic) bond motifs is 1. The summed E-state index contributed by atoms with van der Waals surface area (Å²) >= 11 is 0. The van der Waals surface area contributed by atoms with Crippen molar-refractivity contribution in [2.45, 2.75) is 39.0 Å². The summed E-state index contributed by atoms with van der Waals surface area (Å²) in [6, 6.07) is 6.10. The van der Waals surface area contributed by atoms with Gasteiger partial charge in [-0.3, -0.25) is 9.03 Å². The van der Waals surface area contributed by atoms with Gasteiger partial charge in [0.25, 0.3) is 0 Å². The van der Waals surface area contributed by atoms with Gasteiger partial charge in [0.05, 0.1) is 12.3 Å². The van der Waals surface area contributed by atoms with Crippen LogP contribution in [0, 0.1) is 0 Å².